The van der Waals surface area contributed by atoms with Crippen molar-refractivity contribution < 1.29 is 4.74 Å². The Morgan fingerprint density at radius 1 is 1.56 bits per heavy atom. The van der Waals surface area contributed by atoms with Crippen molar-refractivity contribution in [3.05, 3.63) is 24.6 Å². The van der Waals surface area contributed by atoms with E-state index < -0.39 is 0 Å². The van der Waals surface area contributed by atoms with Crippen molar-refractivity contribution in [1.82, 2.24) is 4.90 Å². The van der Waals surface area contributed by atoms with Crippen LogP contribution in [0.15, 0.2) is 24.6 Å². The Kier molecular flexibility index (Phi) is 3.60. The quantitative estimate of drug-likeness (QED) is 0.417. The molecule has 0 radical (unpaired) electrons. The van der Waals surface area contributed by atoms with Crippen LogP contribution in [0.1, 0.15) is 0 Å². The maximum absolute atomic E-state index is 4.79. The summed E-state index contributed by atoms with van der Waals surface area (Å²) in [6, 6.07) is 0. The van der Waals surface area contributed by atoms with Gasteiger partial charge in [0, 0.05) is 20.3 Å². The van der Waals surface area contributed by atoms with Gasteiger partial charge in [0.05, 0.1) is 7.11 Å². The third kappa shape index (κ3) is 4.94. The molecule has 9 heavy (non-hydrogen) atoms. The summed E-state index contributed by atoms with van der Waals surface area (Å²) in [5.74, 6) is 0.670. The lowest BCUT2D eigenvalue weighted by Gasteiger charge is -2.03. The van der Waals surface area contributed by atoms with Crippen molar-refractivity contribution in [1.29, 1.82) is 0 Å². The van der Waals surface area contributed by atoms with Crippen molar-refractivity contribution in [2.45, 2.75) is 0 Å². The Labute approximate surface area is 56.4 Å². The summed E-state index contributed by atoms with van der Waals surface area (Å²) in [5.41, 5.74) is 0. The van der Waals surface area contributed by atoms with Gasteiger partial charge in [-0.1, -0.05) is 6.58 Å². The Morgan fingerprint density at radius 2 is 2.11 bits per heavy atom. The molecule has 0 N–H and O–H groups in total. The van der Waals surface area contributed by atoms with Crippen LogP contribution in [0, 0.1) is 0 Å². The first-order valence-corrected chi connectivity index (χ1v) is 2.74. The van der Waals surface area contributed by atoms with E-state index in [0.29, 0.717) is 5.76 Å². The van der Waals surface area contributed by atoms with Gasteiger partial charge >= 0.3 is 0 Å². The zero-order valence-electron chi connectivity index (χ0n) is 6.22. The van der Waals surface area contributed by atoms with Gasteiger partial charge in [-0.2, -0.15) is 0 Å². The second-order valence-corrected chi connectivity index (χ2v) is 1.95. The van der Waals surface area contributed by atoms with Crippen molar-refractivity contribution >= 4 is 0 Å². The minimum atomic E-state index is 0.670. The fourth-order valence-electron chi connectivity index (χ4n) is 0.300. The average molecular weight is 127 g/mol. The van der Waals surface area contributed by atoms with Gasteiger partial charge in [0.2, 0.25) is 0 Å². The third-order valence-electron chi connectivity index (χ3n) is 0.821. The Balaban J connectivity index is 3.57. The van der Waals surface area contributed by atoms with Gasteiger partial charge in [0.25, 0.3) is 0 Å². The first-order valence-electron chi connectivity index (χ1n) is 2.74. The van der Waals surface area contributed by atoms with E-state index in [0.717, 1.165) is 0 Å². The first kappa shape index (κ1) is 8.08. The molecule has 2 heteroatoms. The fourth-order valence-corrected chi connectivity index (χ4v) is 0.300. The molecule has 52 valence electrons. The zero-order valence-corrected chi connectivity index (χ0v) is 6.22. The van der Waals surface area contributed by atoms with E-state index in [-0.39, 0.29) is 0 Å². The van der Waals surface area contributed by atoms with Crippen LogP contribution in [0.3, 0.4) is 0 Å². The molecule has 0 aliphatic carbocycles. The molecule has 0 saturated carbocycles. The first-order chi connectivity index (χ1) is 4.16. The molecular weight excluding hydrogens is 114 g/mol. The molecule has 0 bridgehead atoms. The highest BCUT2D eigenvalue weighted by Gasteiger charge is 1.80. The third-order valence-corrected chi connectivity index (χ3v) is 0.821. The summed E-state index contributed by atoms with van der Waals surface area (Å²) in [7, 11) is 5.49. The van der Waals surface area contributed by atoms with E-state index in [9.17, 15) is 0 Å². The van der Waals surface area contributed by atoms with Crippen LogP contribution in [0.4, 0.5) is 0 Å². The van der Waals surface area contributed by atoms with Gasteiger partial charge in [0.15, 0.2) is 0 Å². The van der Waals surface area contributed by atoms with Crippen LogP contribution in [0.5, 0.6) is 0 Å². The molecule has 0 saturated heterocycles. The lowest BCUT2D eigenvalue weighted by molar-refractivity contribution is 0.307. The van der Waals surface area contributed by atoms with E-state index in [1.807, 2.05) is 25.2 Å². The van der Waals surface area contributed by atoms with E-state index in [1.54, 1.807) is 13.2 Å². The van der Waals surface area contributed by atoms with Gasteiger partial charge in [-0.15, -0.1) is 0 Å². The van der Waals surface area contributed by atoms with E-state index in [2.05, 4.69) is 6.58 Å². The Hall–Kier alpha value is -0.920. The van der Waals surface area contributed by atoms with Crippen LogP contribution in [0.2, 0.25) is 0 Å². The molecule has 0 aromatic heterocycles. The van der Waals surface area contributed by atoms with Crippen molar-refractivity contribution in [2.75, 3.05) is 21.2 Å². The predicted molar refractivity (Wildman–Crippen MR) is 39.0 cm³/mol. The van der Waals surface area contributed by atoms with E-state index >= 15 is 0 Å². The molecule has 0 rings (SSSR count). The topological polar surface area (TPSA) is 12.5 Å². The highest BCUT2D eigenvalue weighted by atomic mass is 16.5. The highest BCUT2D eigenvalue weighted by Crippen LogP contribution is 1.91. The minimum absolute atomic E-state index is 0.670. The lowest BCUT2D eigenvalue weighted by Crippen LogP contribution is -2.00. The summed E-state index contributed by atoms with van der Waals surface area (Å²) in [6.45, 7) is 3.61. The zero-order chi connectivity index (χ0) is 7.28. The monoisotopic (exact) mass is 127 g/mol. The van der Waals surface area contributed by atoms with Gasteiger partial charge in [-0.25, -0.2) is 0 Å². The summed E-state index contributed by atoms with van der Waals surface area (Å²) >= 11 is 0. The number of methoxy groups -OCH3 is 1. The molecule has 0 aromatic carbocycles. The predicted octanol–water partition coefficient (Wildman–Crippen LogP) is 1.22. The molecule has 0 spiro atoms. The molecule has 0 aromatic rings. The SMILES string of the molecule is C=C(C=CN(C)C)OC. The van der Waals surface area contributed by atoms with Gasteiger partial charge in [-0.3, -0.25) is 0 Å². The molecule has 0 unspecified atom stereocenters. The van der Waals surface area contributed by atoms with Crippen LogP contribution < -0.4 is 0 Å². The number of hydrogen-bond donors (Lipinski definition) is 0. The minimum Gasteiger partial charge on any atom is -0.497 e. The molecule has 2 nitrogen and oxygen atoms in total. The number of hydrogen-bond acceptors (Lipinski definition) is 2. The normalized spacial score (nSPS) is 9.67. The molecule has 0 fully saturated rings. The number of ether oxygens (including phenoxy) is 1. The molecular formula is C7H13NO. The van der Waals surface area contributed by atoms with E-state index in [1.165, 1.54) is 0 Å². The summed E-state index contributed by atoms with van der Waals surface area (Å²) in [6.07, 6.45) is 3.69. The molecule has 0 heterocycles. The smallest absolute Gasteiger partial charge is 0.113 e. The summed E-state index contributed by atoms with van der Waals surface area (Å²) in [5, 5.41) is 0. The Bertz CT molecular complexity index is 116. The molecule has 0 aliphatic rings. The van der Waals surface area contributed by atoms with Crippen LogP contribution in [-0.2, 0) is 4.74 Å². The number of nitrogens with zero attached hydrogens (tertiary/aromatic N) is 1. The number of allylic oxidation sites excluding steroid dienone is 1. The second-order valence-electron chi connectivity index (χ2n) is 1.95. The van der Waals surface area contributed by atoms with Gasteiger partial charge < -0.3 is 9.64 Å². The fraction of sp³-hybridized carbons (Fsp3) is 0.429. The van der Waals surface area contributed by atoms with Crippen LogP contribution in [0.25, 0.3) is 0 Å². The molecule has 0 aliphatic heterocycles. The second kappa shape index (κ2) is 4.01. The molecule has 0 atom stereocenters. The summed E-state index contributed by atoms with van der Waals surface area (Å²) in [4.78, 5) is 1.92. The summed E-state index contributed by atoms with van der Waals surface area (Å²) < 4.78 is 4.79. The lowest BCUT2D eigenvalue weighted by atomic mass is 10.5. The Morgan fingerprint density at radius 3 is 2.44 bits per heavy atom. The van der Waals surface area contributed by atoms with Crippen LogP contribution >= 0.6 is 0 Å². The number of rotatable bonds is 3. The average Bonchev–Trinajstić information content (AvgIpc) is 1.83. The highest BCUT2D eigenvalue weighted by molar-refractivity contribution is 5.05. The van der Waals surface area contributed by atoms with Crippen molar-refractivity contribution in [3.8, 4) is 0 Å². The van der Waals surface area contributed by atoms with Crippen molar-refractivity contribution in [2.24, 2.45) is 0 Å². The van der Waals surface area contributed by atoms with Crippen molar-refractivity contribution in [3.63, 3.8) is 0 Å². The maximum atomic E-state index is 4.79. The van der Waals surface area contributed by atoms with Gasteiger partial charge in [0.1, 0.15) is 5.76 Å². The van der Waals surface area contributed by atoms with Gasteiger partial charge in [-0.05, 0) is 6.08 Å². The van der Waals surface area contributed by atoms with Crippen LogP contribution in [-0.4, -0.2) is 26.1 Å². The standard InChI is InChI=1S/C7H13NO/c1-7(9-4)5-6-8(2)3/h5-6H,1H2,2-4H3. The largest absolute Gasteiger partial charge is 0.497 e. The molecule has 0 amide bonds. The van der Waals surface area contributed by atoms with E-state index in [4.69, 9.17) is 4.74 Å². The maximum Gasteiger partial charge on any atom is 0.113 e.